The van der Waals surface area contributed by atoms with Crippen LogP contribution in [0.3, 0.4) is 0 Å². The maximum atomic E-state index is 13.7. The van der Waals surface area contributed by atoms with Gasteiger partial charge in [0.05, 0.1) is 6.61 Å². The van der Waals surface area contributed by atoms with Crippen LogP contribution in [0.4, 0.5) is 13.2 Å². The highest BCUT2D eigenvalue weighted by molar-refractivity contribution is 5.26. The lowest BCUT2D eigenvalue weighted by Gasteiger charge is -2.38. The Kier molecular flexibility index (Phi) is 8.74. The van der Waals surface area contributed by atoms with Gasteiger partial charge in [-0.05, 0) is 74.3 Å². The van der Waals surface area contributed by atoms with Gasteiger partial charge in [0.2, 0.25) is 5.82 Å². The fourth-order valence-corrected chi connectivity index (χ4v) is 5.46. The predicted octanol–water partition coefficient (Wildman–Crippen LogP) is 8.07. The first-order chi connectivity index (χ1) is 14.1. The quantitative estimate of drug-likeness (QED) is 0.295. The van der Waals surface area contributed by atoms with Crippen LogP contribution in [0.2, 0.25) is 0 Å². The predicted molar refractivity (Wildman–Crippen MR) is 111 cm³/mol. The van der Waals surface area contributed by atoms with Crippen molar-refractivity contribution in [1.82, 2.24) is 0 Å². The molecule has 0 radical (unpaired) electrons. The summed E-state index contributed by atoms with van der Waals surface area (Å²) in [5, 5.41) is 0. The summed E-state index contributed by atoms with van der Waals surface area (Å²) in [6.45, 7) is 2.66. The zero-order valence-electron chi connectivity index (χ0n) is 17.9. The molecule has 2 saturated carbocycles. The van der Waals surface area contributed by atoms with Crippen molar-refractivity contribution in [2.75, 3.05) is 6.61 Å². The Hall–Kier alpha value is -1.19. The minimum absolute atomic E-state index is 0.178. The van der Waals surface area contributed by atoms with Gasteiger partial charge in [-0.2, -0.15) is 4.39 Å². The molecule has 0 aliphatic heterocycles. The van der Waals surface area contributed by atoms with E-state index < -0.39 is 17.5 Å². The summed E-state index contributed by atoms with van der Waals surface area (Å²) < 4.78 is 45.5. The summed E-state index contributed by atoms with van der Waals surface area (Å²) in [4.78, 5) is 0. The second-order valence-corrected chi connectivity index (χ2v) is 9.40. The van der Waals surface area contributed by atoms with Crippen molar-refractivity contribution in [1.29, 1.82) is 0 Å². The number of unbranched alkanes of at least 4 members (excludes halogenated alkanes) is 3. The zero-order chi connectivity index (χ0) is 20.6. The standard InChI is InChI=1S/C25H37F3O/c1-2-3-4-5-6-18-7-11-20(12-8-18)21-13-9-19(10-14-21)17-29-23-16-15-22(26)24(27)25(23)28/h15-16,18-21H,2-14,17H2,1H3. The molecule has 2 aliphatic carbocycles. The van der Waals surface area contributed by atoms with Crippen molar-refractivity contribution in [2.45, 2.75) is 90.4 Å². The van der Waals surface area contributed by atoms with Crippen molar-refractivity contribution < 1.29 is 17.9 Å². The van der Waals surface area contributed by atoms with Crippen LogP contribution < -0.4 is 4.74 Å². The summed E-state index contributed by atoms with van der Waals surface area (Å²) in [5.74, 6) is -0.973. The van der Waals surface area contributed by atoms with E-state index in [1.807, 2.05) is 0 Å². The molecule has 0 bridgehead atoms. The number of benzene rings is 1. The molecule has 0 amide bonds. The Morgan fingerprint density at radius 2 is 1.38 bits per heavy atom. The molecule has 3 rings (SSSR count). The van der Waals surface area contributed by atoms with Crippen LogP contribution in [0.5, 0.6) is 5.75 Å². The van der Waals surface area contributed by atoms with Crippen LogP contribution >= 0.6 is 0 Å². The van der Waals surface area contributed by atoms with Gasteiger partial charge in [0, 0.05) is 0 Å². The molecule has 2 aliphatic rings. The van der Waals surface area contributed by atoms with Gasteiger partial charge in [0.15, 0.2) is 17.4 Å². The van der Waals surface area contributed by atoms with Gasteiger partial charge >= 0.3 is 0 Å². The van der Waals surface area contributed by atoms with Crippen molar-refractivity contribution in [2.24, 2.45) is 23.7 Å². The number of halogens is 3. The highest BCUT2D eigenvalue weighted by Crippen LogP contribution is 2.42. The molecule has 1 aromatic carbocycles. The third-order valence-electron chi connectivity index (χ3n) is 7.39. The lowest BCUT2D eigenvalue weighted by molar-refractivity contribution is 0.120. The third kappa shape index (κ3) is 6.39. The number of hydrogen-bond donors (Lipinski definition) is 0. The van der Waals surface area contributed by atoms with Gasteiger partial charge in [-0.3, -0.25) is 0 Å². The molecule has 0 saturated heterocycles. The molecule has 1 nitrogen and oxygen atoms in total. The van der Waals surface area contributed by atoms with Gasteiger partial charge in [-0.1, -0.05) is 51.9 Å². The fourth-order valence-electron chi connectivity index (χ4n) is 5.46. The normalized spacial score (nSPS) is 27.7. The largest absolute Gasteiger partial charge is 0.490 e. The Balaban J connectivity index is 1.34. The van der Waals surface area contributed by atoms with E-state index >= 15 is 0 Å². The Bertz CT molecular complexity index is 617. The van der Waals surface area contributed by atoms with Crippen LogP contribution in [0.1, 0.15) is 90.4 Å². The number of ether oxygens (including phenoxy) is 1. The smallest absolute Gasteiger partial charge is 0.203 e. The van der Waals surface area contributed by atoms with E-state index in [1.165, 1.54) is 76.7 Å². The highest BCUT2D eigenvalue weighted by atomic mass is 19.2. The lowest BCUT2D eigenvalue weighted by Crippen LogP contribution is -2.27. The molecule has 2 fully saturated rings. The van der Waals surface area contributed by atoms with Gasteiger partial charge in [0.1, 0.15) is 0 Å². The summed E-state index contributed by atoms with van der Waals surface area (Å²) in [5.41, 5.74) is 0. The Morgan fingerprint density at radius 1 is 0.759 bits per heavy atom. The molecule has 4 heteroatoms. The van der Waals surface area contributed by atoms with Crippen LogP contribution in [-0.4, -0.2) is 6.61 Å². The van der Waals surface area contributed by atoms with E-state index in [-0.39, 0.29) is 5.75 Å². The fraction of sp³-hybridized carbons (Fsp3) is 0.760. The van der Waals surface area contributed by atoms with Gasteiger partial charge in [-0.15, -0.1) is 0 Å². The second kappa shape index (κ2) is 11.3. The minimum Gasteiger partial charge on any atom is -0.490 e. The molecule has 29 heavy (non-hydrogen) atoms. The van der Waals surface area contributed by atoms with E-state index in [0.29, 0.717) is 12.5 Å². The van der Waals surface area contributed by atoms with E-state index in [9.17, 15) is 13.2 Å². The van der Waals surface area contributed by atoms with E-state index in [1.54, 1.807) is 0 Å². The molecule has 164 valence electrons. The van der Waals surface area contributed by atoms with Gasteiger partial charge in [-0.25, -0.2) is 8.78 Å². The molecule has 0 N–H and O–H groups in total. The monoisotopic (exact) mass is 410 g/mol. The van der Waals surface area contributed by atoms with Crippen molar-refractivity contribution >= 4 is 0 Å². The third-order valence-corrected chi connectivity index (χ3v) is 7.39. The molecular formula is C25H37F3O. The van der Waals surface area contributed by atoms with Crippen LogP contribution in [-0.2, 0) is 0 Å². The van der Waals surface area contributed by atoms with Crippen molar-refractivity contribution in [3.8, 4) is 5.75 Å². The van der Waals surface area contributed by atoms with Crippen LogP contribution in [0, 0.1) is 41.1 Å². The van der Waals surface area contributed by atoms with E-state index in [0.717, 1.165) is 36.7 Å². The maximum Gasteiger partial charge on any atom is 0.203 e. The van der Waals surface area contributed by atoms with Crippen LogP contribution in [0.25, 0.3) is 0 Å². The topological polar surface area (TPSA) is 9.23 Å². The summed E-state index contributed by atoms with van der Waals surface area (Å²) >= 11 is 0. The SMILES string of the molecule is CCCCCCC1CCC(C2CCC(COc3ccc(F)c(F)c3F)CC2)CC1. The molecule has 1 aromatic rings. The lowest BCUT2D eigenvalue weighted by atomic mass is 9.69. The van der Waals surface area contributed by atoms with Crippen molar-refractivity contribution in [3.63, 3.8) is 0 Å². The van der Waals surface area contributed by atoms with E-state index in [4.69, 9.17) is 4.74 Å². The first kappa shape index (κ1) is 22.5. The summed E-state index contributed by atoms with van der Waals surface area (Å²) in [6, 6.07) is 2.10. The molecule has 0 spiro atoms. The molecule has 0 aromatic heterocycles. The molecule has 0 unspecified atom stereocenters. The molecule has 0 atom stereocenters. The van der Waals surface area contributed by atoms with Gasteiger partial charge in [0.25, 0.3) is 0 Å². The average Bonchev–Trinajstić information content (AvgIpc) is 2.75. The first-order valence-electron chi connectivity index (χ1n) is 11.8. The van der Waals surface area contributed by atoms with Crippen LogP contribution in [0.15, 0.2) is 12.1 Å². The maximum absolute atomic E-state index is 13.7. The average molecular weight is 411 g/mol. The minimum atomic E-state index is -1.45. The molecule has 0 heterocycles. The highest BCUT2D eigenvalue weighted by Gasteiger charge is 2.31. The zero-order valence-corrected chi connectivity index (χ0v) is 17.9. The number of rotatable bonds is 9. The summed E-state index contributed by atoms with van der Waals surface area (Å²) in [6.07, 6.45) is 17.2. The first-order valence-corrected chi connectivity index (χ1v) is 11.8. The van der Waals surface area contributed by atoms with E-state index in [2.05, 4.69) is 6.92 Å². The molecular weight excluding hydrogens is 373 g/mol. The van der Waals surface area contributed by atoms with Gasteiger partial charge < -0.3 is 4.74 Å². The van der Waals surface area contributed by atoms with Crippen molar-refractivity contribution in [3.05, 3.63) is 29.6 Å². The Labute approximate surface area is 174 Å². The summed E-state index contributed by atoms with van der Waals surface area (Å²) in [7, 11) is 0. The number of hydrogen-bond acceptors (Lipinski definition) is 1. The second-order valence-electron chi connectivity index (χ2n) is 9.40. The Morgan fingerprint density at radius 3 is 2.00 bits per heavy atom.